The average Bonchev–Trinajstić information content (AvgIpc) is 3.00. The van der Waals surface area contributed by atoms with Crippen molar-refractivity contribution >= 4 is 5.91 Å². The van der Waals surface area contributed by atoms with E-state index in [1.54, 1.807) is 12.1 Å². The smallest absolute Gasteiger partial charge is 0.254 e. The van der Waals surface area contributed by atoms with E-state index in [0.29, 0.717) is 11.6 Å². The highest BCUT2D eigenvalue weighted by Gasteiger charge is 2.28. The molecule has 0 aliphatic carbocycles. The van der Waals surface area contributed by atoms with Crippen molar-refractivity contribution in [3.8, 4) is 0 Å². The molecule has 1 unspecified atom stereocenters. The molecule has 0 bridgehead atoms. The Morgan fingerprint density at radius 1 is 1.19 bits per heavy atom. The summed E-state index contributed by atoms with van der Waals surface area (Å²) < 4.78 is 12.8. The molecule has 1 aromatic carbocycles. The van der Waals surface area contributed by atoms with Crippen molar-refractivity contribution in [2.24, 2.45) is 0 Å². The average molecular weight is 295 g/mol. The summed E-state index contributed by atoms with van der Waals surface area (Å²) in [6.07, 6.45) is 4.34. The van der Waals surface area contributed by atoms with Crippen LogP contribution in [0.2, 0.25) is 0 Å². The number of likely N-dealkylation sites (tertiary alicyclic amines) is 1. The maximum absolute atomic E-state index is 12.8. The number of carbonyl (C=O) groups excluding carboxylic acids is 1. The minimum Gasteiger partial charge on any atom is -0.336 e. The van der Waals surface area contributed by atoms with Gasteiger partial charge in [-0.3, -0.25) is 4.79 Å². The quantitative estimate of drug-likeness (QED) is 0.742. The molecule has 120 valence electrons. The first-order valence-electron chi connectivity index (χ1n) is 8.29. The molecule has 1 amide bonds. The van der Waals surface area contributed by atoms with Crippen LogP contribution in [0.5, 0.6) is 0 Å². The second-order valence-corrected chi connectivity index (χ2v) is 4.59. The Labute approximate surface area is 129 Å². The predicted molar refractivity (Wildman–Crippen MR) is 88.1 cm³/mol. The van der Waals surface area contributed by atoms with Gasteiger partial charge in [0.05, 0.1) is 0 Å². The van der Waals surface area contributed by atoms with Crippen molar-refractivity contribution < 1.29 is 9.18 Å². The van der Waals surface area contributed by atoms with Crippen molar-refractivity contribution in [2.75, 3.05) is 6.54 Å². The fourth-order valence-corrected chi connectivity index (χ4v) is 2.49. The first-order chi connectivity index (χ1) is 10.2. The second kappa shape index (κ2) is 11.3. The Balaban J connectivity index is 0.000000921. The zero-order valence-corrected chi connectivity index (χ0v) is 14.2. The van der Waals surface area contributed by atoms with Crippen molar-refractivity contribution in [1.82, 2.24) is 4.90 Å². The monoisotopic (exact) mass is 295 g/mol. The summed E-state index contributed by atoms with van der Waals surface area (Å²) >= 11 is 0. The number of amides is 1. The van der Waals surface area contributed by atoms with Crippen LogP contribution in [-0.4, -0.2) is 23.4 Å². The Kier molecular flexibility index (Phi) is 10.6. The van der Waals surface area contributed by atoms with Gasteiger partial charge in [0.15, 0.2) is 0 Å². The molecule has 1 atom stereocenters. The summed E-state index contributed by atoms with van der Waals surface area (Å²) in [5.74, 6) is -0.256. The second-order valence-electron chi connectivity index (χ2n) is 4.59. The zero-order chi connectivity index (χ0) is 16.3. The van der Waals surface area contributed by atoms with Crippen molar-refractivity contribution in [3.63, 3.8) is 0 Å². The van der Waals surface area contributed by atoms with Crippen LogP contribution in [0.15, 0.2) is 24.3 Å². The molecule has 2 rings (SSSR count). The fraction of sp³-hybridized carbons (Fsp3) is 0.611. The number of rotatable bonds is 3. The lowest BCUT2D eigenvalue weighted by Crippen LogP contribution is -2.35. The zero-order valence-electron chi connectivity index (χ0n) is 14.2. The summed E-state index contributed by atoms with van der Waals surface area (Å²) in [5, 5.41) is 0. The molecule has 3 heteroatoms. The summed E-state index contributed by atoms with van der Waals surface area (Å²) in [7, 11) is 0. The van der Waals surface area contributed by atoms with Gasteiger partial charge in [0.1, 0.15) is 5.82 Å². The first kappa shape index (κ1) is 19.6. The Hall–Kier alpha value is -1.38. The van der Waals surface area contributed by atoms with Crippen LogP contribution in [-0.2, 0) is 0 Å². The maximum atomic E-state index is 12.8. The molecule has 0 saturated carbocycles. The molecule has 0 spiro atoms. The molecule has 21 heavy (non-hydrogen) atoms. The lowest BCUT2D eigenvalue weighted by molar-refractivity contribution is 0.0730. The summed E-state index contributed by atoms with van der Waals surface area (Å²) in [5.41, 5.74) is 0.592. The molecule has 0 N–H and O–H groups in total. The Bertz CT molecular complexity index is 389. The highest BCUT2D eigenvalue weighted by molar-refractivity contribution is 5.94. The van der Waals surface area contributed by atoms with E-state index in [2.05, 4.69) is 6.92 Å². The van der Waals surface area contributed by atoms with Crippen LogP contribution >= 0.6 is 0 Å². The van der Waals surface area contributed by atoms with E-state index in [1.165, 1.54) is 12.1 Å². The molecule has 2 nitrogen and oxygen atoms in total. The molecule has 1 fully saturated rings. The number of nitrogens with zero attached hydrogens (tertiary/aromatic N) is 1. The van der Waals surface area contributed by atoms with Crippen LogP contribution in [0.3, 0.4) is 0 Å². The van der Waals surface area contributed by atoms with Gasteiger partial charge in [-0.25, -0.2) is 4.39 Å². The molecule has 1 aliphatic heterocycles. The summed E-state index contributed by atoms with van der Waals surface area (Å²) in [6, 6.07) is 6.20. The maximum Gasteiger partial charge on any atom is 0.254 e. The number of hydrogen-bond acceptors (Lipinski definition) is 1. The van der Waals surface area contributed by atoms with E-state index in [9.17, 15) is 9.18 Å². The van der Waals surface area contributed by atoms with Gasteiger partial charge in [0.2, 0.25) is 0 Å². The van der Waals surface area contributed by atoms with Gasteiger partial charge in [-0.05, 0) is 43.5 Å². The SMILES string of the molecule is CC.CC.CCCC1CCCN1C(=O)c1ccc(F)cc1. The predicted octanol–water partition coefficient (Wildman–Crippen LogP) is 5.28. The van der Waals surface area contributed by atoms with Gasteiger partial charge in [0.25, 0.3) is 5.91 Å². The third-order valence-corrected chi connectivity index (χ3v) is 3.35. The van der Waals surface area contributed by atoms with Gasteiger partial charge < -0.3 is 4.90 Å². The van der Waals surface area contributed by atoms with E-state index in [-0.39, 0.29) is 11.7 Å². The lowest BCUT2D eigenvalue weighted by Gasteiger charge is -2.24. The number of hydrogen-bond donors (Lipinski definition) is 0. The normalized spacial score (nSPS) is 16.5. The van der Waals surface area contributed by atoms with Gasteiger partial charge in [-0.1, -0.05) is 41.0 Å². The molecule has 0 radical (unpaired) electrons. The van der Waals surface area contributed by atoms with E-state index < -0.39 is 0 Å². The van der Waals surface area contributed by atoms with E-state index in [0.717, 1.165) is 32.2 Å². The van der Waals surface area contributed by atoms with E-state index >= 15 is 0 Å². The minimum absolute atomic E-state index is 0.0425. The van der Waals surface area contributed by atoms with Gasteiger partial charge >= 0.3 is 0 Å². The molecule has 1 aliphatic rings. The summed E-state index contributed by atoms with van der Waals surface area (Å²) in [4.78, 5) is 14.2. The van der Waals surface area contributed by atoms with E-state index in [1.807, 2.05) is 32.6 Å². The minimum atomic E-state index is -0.298. The third kappa shape index (κ3) is 5.86. The molecule has 1 aromatic rings. The van der Waals surface area contributed by atoms with Crippen molar-refractivity contribution in [2.45, 2.75) is 66.3 Å². The van der Waals surface area contributed by atoms with Crippen LogP contribution in [0.1, 0.15) is 70.7 Å². The number of carbonyl (C=O) groups is 1. The Morgan fingerprint density at radius 2 is 1.76 bits per heavy atom. The number of halogens is 1. The standard InChI is InChI=1S/C14H18FNO.2C2H6/c1-2-4-13-5-3-10-16(13)14(17)11-6-8-12(15)9-7-11;2*1-2/h6-9,13H,2-5,10H2,1H3;2*1-2H3. The number of benzene rings is 1. The van der Waals surface area contributed by atoms with Gasteiger partial charge in [-0.2, -0.15) is 0 Å². The highest BCUT2D eigenvalue weighted by atomic mass is 19.1. The largest absolute Gasteiger partial charge is 0.336 e. The van der Waals surface area contributed by atoms with Crippen LogP contribution in [0.4, 0.5) is 4.39 Å². The van der Waals surface area contributed by atoms with Gasteiger partial charge in [0, 0.05) is 18.2 Å². The van der Waals surface area contributed by atoms with E-state index in [4.69, 9.17) is 0 Å². The molecular formula is C18H30FNO. The fourth-order valence-electron chi connectivity index (χ4n) is 2.49. The Morgan fingerprint density at radius 3 is 2.29 bits per heavy atom. The first-order valence-corrected chi connectivity index (χ1v) is 8.29. The lowest BCUT2D eigenvalue weighted by atomic mass is 10.1. The molecule has 1 saturated heterocycles. The molecule has 1 heterocycles. The van der Waals surface area contributed by atoms with Crippen molar-refractivity contribution in [1.29, 1.82) is 0 Å². The third-order valence-electron chi connectivity index (χ3n) is 3.35. The highest BCUT2D eigenvalue weighted by Crippen LogP contribution is 2.23. The van der Waals surface area contributed by atoms with Gasteiger partial charge in [-0.15, -0.1) is 0 Å². The molecule has 0 aromatic heterocycles. The van der Waals surface area contributed by atoms with Crippen LogP contribution < -0.4 is 0 Å². The van der Waals surface area contributed by atoms with Crippen molar-refractivity contribution in [3.05, 3.63) is 35.6 Å². The van der Waals surface area contributed by atoms with Crippen LogP contribution in [0, 0.1) is 5.82 Å². The topological polar surface area (TPSA) is 20.3 Å². The summed E-state index contributed by atoms with van der Waals surface area (Å²) in [6.45, 7) is 11.0. The van der Waals surface area contributed by atoms with Crippen LogP contribution in [0.25, 0.3) is 0 Å². The molecular weight excluding hydrogens is 265 g/mol.